The van der Waals surface area contributed by atoms with Gasteiger partial charge in [-0.3, -0.25) is 34.5 Å². The molecule has 1 aliphatic rings. The standard InChI is InChI=1S/C11H13N5O5/c1-6-11(16(20)21)7(2)15(13-6)5-10(19)14-3-8(17)12-9(18)4-14/h3-5H2,1-2H3,(H,12,17,18). The number of imide groups is 1. The maximum atomic E-state index is 12.1. The average molecular weight is 295 g/mol. The lowest BCUT2D eigenvalue weighted by molar-refractivity contribution is -0.386. The van der Waals surface area contributed by atoms with Crippen molar-refractivity contribution in [3.05, 3.63) is 21.5 Å². The van der Waals surface area contributed by atoms with Crippen LogP contribution in [-0.4, -0.2) is 50.4 Å². The molecule has 0 spiro atoms. The summed E-state index contributed by atoms with van der Waals surface area (Å²) >= 11 is 0. The SMILES string of the molecule is Cc1nn(CC(=O)N2CC(=O)NC(=O)C2)c(C)c1[N+](=O)[O-]. The topological polar surface area (TPSA) is 127 Å². The molecule has 0 saturated carbocycles. The fourth-order valence-corrected chi connectivity index (χ4v) is 2.15. The number of aromatic nitrogens is 2. The van der Waals surface area contributed by atoms with Crippen LogP contribution in [0.4, 0.5) is 5.69 Å². The number of nitrogens with one attached hydrogen (secondary N) is 1. The van der Waals surface area contributed by atoms with Crippen LogP contribution in [0.2, 0.25) is 0 Å². The number of hydrogen-bond acceptors (Lipinski definition) is 6. The van der Waals surface area contributed by atoms with E-state index in [0.717, 1.165) is 4.90 Å². The van der Waals surface area contributed by atoms with Gasteiger partial charge in [0.1, 0.15) is 31.0 Å². The maximum absolute atomic E-state index is 12.1. The Bertz CT molecular complexity index is 634. The van der Waals surface area contributed by atoms with Crippen molar-refractivity contribution in [1.82, 2.24) is 20.0 Å². The molecule has 112 valence electrons. The molecule has 0 aliphatic carbocycles. The maximum Gasteiger partial charge on any atom is 0.312 e. The molecule has 1 N–H and O–H groups in total. The largest absolute Gasteiger partial charge is 0.322 e. The Balaban J connectivity index is 2.17. The summed E-state index contributed by atoms with van der Waals surface area (Å²) in [7, 11) is 0. The zero-order valence-electron chi connectivity index (χ0n) is 11.5. The third-order valence-electron chi connectivity index (χ3n) is 3.11. The normalized spacial score (nSPS) is 15.0. The Morgan fingerprint density at radius 3 is 2.38 bits per heavy atom. The fourth-order valence-electron chi connectivity index (χ4n) is 2.15. The Hall–Kier alpha value is -2.78. The summed E-state index contributed by atoms with van der Waals surface area (Å²) in [5.41, 5.74) is 0.312. The first-order valence-electron chi connectivity index (χ1n) is 6.08. The summed E-state index contributed by atoms with van der Waals surface area (Å²) in [6.45, 7) is 2.27. The second-order valence-electron chi connectivity index (χ2n) is 4.66. The molecule has 1 aromatic heterocycles. The first-order chi connectivity index (χ1) is 9.79. The molecule has 1 saturated heterocycles. The molecule has 1 fully saturated rings. The van der Waals surface area contributed by atoms with Gasteiger partial charge in [0.05, 0.1) is 4.92 Å². The molecular weight excluding hydrogens is 282 g/mol. The zero-order valence-corrected chi connectivity index (χ0v) is 11.5. The molecule has 10 heteroatoms. The van der Waals surface area contributed by atoms with Gasteiger partial charge >= 0.3 is 5.69 Å². The lowest BCUT2D eigenvalue weighted by Gasteiger charge is -2.25. The van der Waals surface area contributed by atoms with E-state index in [4.69, 9.17) is 0 Å². The Kier molecular flexibility index (Phi) is 3.70. The highest BCUT2D eigenvalue weighted by molar-refractivity contribution is 6.02. The van der Waals surface area contributed by atoms with Crippen LogP contribution >= 0.6 is 0 Å². The van der Waals surface area contributed by atoms with Crippen LogP contribution in [0.25, 0.3) is 0 Å². The lowest BCUT2D eigenvalue weighted by Crippen LogP contribution is -2.54. The lowest BCUT2D eigenvalue weighted by atomic mass is 10.3. The molecule has 0 unspecified atom stereocenters. The highest BCUT2D eigenvalue weighted by atomic mass is 16.6. The van der Waals surface area contributed by atoms with Crippen molar-refractivity contribution in [2.75, 3.05) is 13.1 Å². The van der Waals surface area contributed by atoms with Gasteiger partial charge in [0.25, 0.3) is 0 Å². The van der Waals surface area contributed by atoms with Crippen LogP contribution in [-0.2, 0) is 20.9 Å². The van der Waals surface area contributed by atoms with Gasteiger partial charge < -0.3 is 4.90 Å². The van der Waals surface area contributed by atoms with E-state index >= 15 is 0 Å². The Labute approximate surface area is 118 Å². The summed E-state index contributed by atoms with van der Waals surface area (Å²) in [6.07, 6.45) is 0. The molecule has 3 amide bonds. The summed E-state index contributed by atoms with van der Waals surface area (Å²) in [5.74, 6) is -1.61. The van der Waals surface area contributed by atoms with Crippen molar-refractivity contribution in [2.24, 2.45) is 0 Å². The van der Waals surface area contributed by atoms with Gasteiger partial charge in [-0.25, -0.2) is 0 Å². The van der Waals surface area contributed by atoms with Crippen molar-refractivity contribution >= 4 is 23.4 Å². The molecular formula is C11H13N5O5. The number of carbonyl (C=O) groups excluding carboxylic acids is 3. The van der Waals surface area contributed by atoms with E-state index in [1.54, 1.807) is 0 Å². The van der Waals surface area contributed by atoms with Crippen LogP contribution < -0.4 is 5.32 Å². The summed E-state index contributed by atoms with van der Waals surface area (Å²) in [5, 5.41) is 16.9. The van der Waals surface area contributed by atoms with E-state index in [0.29, 0.717) is 0 Å². The minimum Gasteiger partial charge on any atom is -0.322 e. The van der Waals surface area contributed by atoms with Gasteiger partial charge in [-0.2, -0.15) is 5.10 Å². The molecule has 0 radical (unpaired) electrons. The van der Waals surface area contributed by atoms with Gasteiger partial charge in [-0.15, -0.1) is 0 Å². The van der Waals surface area contributed by atoms with E-state index in [-0.39, 0.29) is 36.7 Å². The van der Waals surface area contributed by atoms with Gasteiger partial charge in [0.15, 0.2) is 0 Å². The molecule has 0 bridgehead atoms. The number of aryl methyl sites for hydroxylation is 1. The third-order valence-corrected chi connectivity index (χ3v) is 3.11. The van der Waals surface area contributed by atoms with Gasteiger partial charge in [0, 0.05) is 0 Å². The second-order valence-corrected chi connectivity index (χ2v) is 4.66. The smallest absolute Gasteiger partial charge is 0.312 e. The number of amides is 3. The summed E-state index contributed by atoms with van der Waals surface area (Å²) in [6, 6.07) is 0. The molecule has 2 rings (SSSR count). The molecule has 1 aromatic rings. The minimum atomic E-state index is -0.559. The van der Waals surface area contributed by atoms with Gasteiger partial charge in [-0.1, -0.05) is 0 Å². The number of hydrogen-bond donors (Lipinski definition) is 1. The van der Waals surface area contributed by atoms with Crippen LogP contribution in [0.15, 0.2) is 0 Å². The van der Waals surface area contributed by atoms with Gasteiger partial charge in [-0.05, 0) is 13.8 Å². The number of nitro groups is 1. The zero-order chi connectivity index (χ0) is 15.7. The molecule has 0 atom stereocenters. The molecule has 10 nitrogen and oxygen atoms in total. The molecule has 21 heavy (non-hydrogen) atoms. The number of carbonyl (C=O) groups is 3. The van der Waals surface area contributed by atoms with Crippen molar-refractivity contribution < 1.29 is 19.3 Å². The minimum absolute atomic E-state index is 0.143. The second kappa shape index (κ2) is 5.31. The van der Waals surface area contributed by atoms with Crippen LogP contribution in [0.3, 0.4) is 0 Å². The van der Waals surface area contributed by atoms with E-state index in [2.05, 4.69) is 10.4 Å². The molecule has 2 heterocycles. The highest BCUT2D eigenvalue weighted by Gasteiger charge is 2.28. The van der Waals surface area contributed by atoms with Crippen molar-refractivity contribution in [2.45, 2.75) is 20.4 Å². The van der Waals surface area contributed by atoms with E-state index in [1.807, 2.05) is 0 Å². The van der Waals surface area contributed by atoms with Crippen LogP contribution in [0.1, 0.15) is 11.4 Å². The Morgan fingerprint density at radius 2 is 1.90 bits per heavy atom. The molecule has 0 aromatic carbocycles. The number of nitrogens with zero attached hydrogens (tertiary/aromatic N) is 4. The van der Waals surface area contributed by atoms with Crippen molar-refractivity contribution in [1.29, 1.82) is 0 Å². The quantitative estimate of drug-likeness (QED) is 0.428. The van der Waals surface area contributed by atoms with Gasteiger partial charge in [0.2, 0.25) is 17.7 Å². The number of piperazine rings is 1. The van der Waals surface area contributed by atoms with E-state index in [9.17, 15) is 24.5 Å². The first kappa shape index (κ1) is 14.6. The van der Waals surface area contributed by atoms with Crippen LogP contribution in [0.5, 0.6) is 0 Å². The van der Waals surface area contributed by atoms with Crippen molar-refractivity contribution in [3.63, 3.8) is 0 Å². The van der Waals surface area contributed by atoms with Crippen LogP contribution in [0, 0.1) is 24.0 Å². The first-order valence-corrected chi connectivity index (χ1v) is 6.08. The highest BCUT2D eigenvalue weighted by Crippen LogP contribution is 2.21. The monoisotopic (exact) mass is 295 g/mol. The molecule has 1 aliphatic heterocycles. The predicted octanol–water partition coefficient (Wildman–Crippen LogP) is -1.11. The number of rotatable bonds is 3. The average Bonchev–Trinajstić information content (AvgIpc) is 2.63. The van der Waals surface area contributed by atoms with E-state index in [1.165, 1.54) is 18.5 Å². The summed E-state index contributed by atoms with van der Waals surface area (Å²) < 4.78 is 1.20. The third kappa shape index (κ3) is 2.88. The fraction of sp³-hybridized carbons (Fsp3) is 0.455. The Morgan fingerprint density at radius 1 is 1.33 bits per heavy atom. The summed E-state index contributed by atoms with van der Waals surface area (Å²) in [4.78, 5) is 45.9. The predicted molar refractivity (Wildman–Crippen MR) is 68.1 cm³/mol. The van der Waals surface area contributed by atoms with Crippen molar-refractivity contribution in [3.8, 4) is 0 Å². The van der Waals surface area contributed by atoms with E-state index < -0.39 is 22.6 Å².